The molecule has 4 aromatic rings. The number of hydrogen-bond donors (Lipinski definition) is 1. The van der Waals surface area contributed by atoms with Gasteiger partial charge in [-0.1, -0.05) is 18.2 Å². The molecule has 1 amide bonds. The van der Waals surface area contributed by atoms with Crippen LogP contribution in [0, 0.1) is 6.92 Å². The Labute approximate surface area is 200 Å². The van der Waals surface area contributed by atoms with Gasteiger partial charge in [-0.05, 0) is 54.8 Å². The highest BCUT2D eigenvalue weighted by molar-refractivity contribution is 7.21. The van der Waals surface area contributed by atoms with E-state index in [-0.39, 0.29) is 24.3 Å². The zero-order chi connectivity index (χ0) is 24.4. The molecule has 2 aromatic carbocycles. The molecular formula is C26H24N2O5S. The molecule has 0 spiro atoms. The van der Waals surface area contributed by atoms with Crippen LogP contribution in [-0.2, 0) is 27.5 Å². The number of ether oxygens (including phenoxy) is 2. The molecule has 0 bridgehead atoms. The fraction of sp³-hybridized carbons (Fsp3) is 0.231. The van der Waals surface area contributed by atoms with E-state index in [2.05, 4.69) is 10.3 Å². The number of esters is 1. The summed E-state index contributed by atoms with van der Waals surface area (Å²) in [6.45, 7) is 5.31. The van der Waals surface area contributed by atoms with Gasteiger partial charge in [0.25, 0.3) is 5.91 Å². The van der Waals surface area contributed by atoms with Crippen LogP contribution < -0.4 is 5.32 Å². The lowest BCUT2D eigenvalue weighted by atomic mass is 10.0. The first-order chi connectivity index (χ1) is 16.3. The van der Waals surface area contributed by atoms with Gasteiger partial charge < -0.3 is 14.8 Å². The Kier molecular flexibility index (Phi) is 6.72. The lowest BCUT2D eigenvalue weighted by Crippen LogP contribution is -2.12. The molecule has 0 atom stereocenters. The van der Waals surface area contributed by atoms with E-state index < -0.39 is 0 Å². The number of anilines is 1. The average Bonchev–Trinajstić information content (AvgIpc) is 3.15. The van der Waals surface area contributed by atoms with Gasteiger partial charge in [0.2, 0.25) is 0 Å². The minimum absolute atomic E-state index is 0.0528. The van der Waals surface area contributed by atoms with Crippen LogP contribution in [0.3, 0.4) is 0 Å². The highest BCUT2D eigenvalue weighted by atomic mass is 32.1. The van der Waals surface area contributed by atoms with Crippen LogP contribution in [0.25, 0.3) is 21.0 Å². The first-order valence-corrected chi connectivity index (χ1v) is 11.5. The van der Waals surface area contributed by atoms with Crippen LogP contribution >= 0.6 is 11.3 Å². The molecule has 0 aliphatic rings. The monoisotopic (exact) mass is 476 g/mol. The molecule has 2 heterocycles. The van der Waals surface area contributed by atoms with Gasteiger partial charge in [-0.15, -0.1) is 11.3 Å². The van der Waals surface area contributed by atoms with E-state index >= 15 is 0 Å². The SMILES string of the molecule is COCc1ccc(C(C)=O)c2sc(C(=O)Nc3ccc4c(COC(C)=O)cccc4n3)c(C)c12. The summed E-state index contributed by atoms with van der Waals surface area (Å²) in [5, 5.41) is 4.60. The lowest BCUT2D eigenvalue weighted by molar-refractivity contribution is -0.142. The molecule has 4 rings (SSSR count). The maximum atomic E-state index is 13.2. The fourth-order valence-corrected chi connectivity index (χ4v) is 5.28. The summed E-state index contributed by atoms with van der Waals surface area (Å²) in [5.41, 5.74) is 3.83. The predicted molar refractivity (Wildman–Crippen MR) is 132 cm³/mol. The van der Waals surface area contributed by atoms with Crippen LogP contribution in [0.5, 0.6) is 0 Å². The van der Waals surface area contributed by atoms with Crippen molar-refractivity contribution in [3.8, 4) is 0 Å². The van der Waals surface area contributed by atoms with E-state index in [0.717, 1.165) is 32.2 Å². The highest BCUT2D eigenvalue weighted by Crippen LogP contribution is 2.37. The highest BCUT2D eigenvalue weighted by Gasteiger charge is 2.21. The van der Waals surface area contributed by atoms with Crippen LogP contribution in [0.1, 0.15) is 50.6 Å². The Bertz CT molecular complexity index is 1440. The van der Waals surface area contributed by atoms with Crippen molar-refractivity contribution >= 4 is 55.8 Å². The number of amides is 1. The zero-order valence-electron chi connectivity index (χ0n) is 19.4. The third kappa shape index (κ3) is 4.55. The molecule has 0 unspecified atom stereocenters. The zero-order valence-corrected chi connectivity index (χ0v) is 20.2. The Balaban J connectivity index is 1.68. The molecule has 0 saturated heterocycles. The first-order valence-electron chi connectivity index (χ1n) is 10.7. The number of carbonyl (C=O) groups is 3. The summed E-state index contributed by atoms with van der Waals surface area (Å²) in [6, 6.07) is 12.8. The van der Waals surface area contributed by atoms with E-state index in [1.165, 1.54) is 25.2 Å². The van der Waals surface area contributed by atoms with Crippen molar-refractivity contribution in [2.45, 2.75) is 34.0 Å². The molecule has 7 nitrogen and oxygen atoms in total. The maximum absolute atomic E-state index is 13.2. The van der Waals surface area contributed by atoms with Crippen molar-refractivity contribution in [1.82, 2.24) is 4.98 Å². The number of Topliss-reactive ketones (excluding diaryl/α,β-unsaturated/α-hetero) is 1. The minimum Gasteiger partial charge on any atom is -0.461 e. The number of aromatic nitrogens is 1. The summed E-state index contributed by atoms with van der Waals surface area (Å²) in [6.07, 6.45) is 0. The van der Waals surface area contributed by atoms with E-state index in [1.54, 1.807) is 19.2 Å². The number of carbonyl (C=O) groups excluding carboxylic acids is 3. The molecule has 0 fully saturated rings. The van der Waals surface area contributed by atoms with Crippen LogP contribution in [0.4, 0.5) is 5.82 Å². The normalized spacial score (nSPS) is 11.1. The third-order valence-electron chi connectivity index (χ3n) is 5.54. The molecule has 1 N–H and O–H groups in total. The molecule has 0 aliphatic heterocycles. The minimum atomic E-state index is -0.353. The van der Waals surface area contributed by atoms with Gasteiger partial charge in [0.15, 0.2) is 5.78 Å². The number of aryl methyl sites for hydroxylation is 1. The van der Waals surface area contributed by atoms with Gasteiger partial charge in [-0.3, -0.25) is 14.4 Å². The Morgan fingerprint density at radius 1 is 1.00 bits per heavy atom. The number of ketones is 1. The van der Waals surface area contributed by atoms with E-state index in [1.807, 2.05) is 37.3 Å². The molecule has 8 heteroatoms. The summed E-state index contributed by atoms with van der Waals surface area (Å²) in [4.78, 5) is 41.6. The summed E-state index contributed by atoms with van der Waals surface area (Å²) >= 11 is 1.30. The molecule has 34 heavy (non-hydrogen) atoms. The second-order valence-corrected chi connectivity index (χ2v) is 8.96. The topological polar surface area (TPSA) is 94.6 Å². The lowest BCUT2D eigenvalue weighted by Gasteiger charge is -2.09. The Hall–Kier alpha value is -3.62. The number of nitrogens with zero attached hydrogens (tertiary/aromatic N) is 1. The fourth-order valence-electron chi connectivity index (χ4n) is 3.97. The Morgan fingerprint density at radius 3 is 2.50 bits per heavy atom. The first kappa shape index (κ1) is 23.5. The number of hydrogen-bond acceptors (Lipinski definition) is 7. The van der Waals surface area contributed by atoms with Crippen molar-refractivity contribution in [2.75, 3.05) is 12.4 Å². The summed E-state index contributed by atoms with van der Waals surface area (Å²) in [7, 11) is 1.61. The number of pyridine rings is 1. The van der Waals surface area contributed by atoms with Crippen molar-refractivity contribution in [1.29, 1.82) is 0 Å². The molecular weight excluding hydrogens is 452 g/mol. The maximum Gasteiger partial charge on any atom is 0.302 e. The average molecular weight is 477 g/mol. The summed E-state index contributed by atoms with van der Waals surface area (Å²) < 4.78 is 11.2. The number of methoxy groups -OCH3 is 1. The van der Waals surface area contributed by atoms with Crippen molar-refractivity contribution in [3.63, 3.8) is 0 Å². The number of fused-ring (bicyclic) bond motifs is 2. The van der Waals surface area contributed by atoms with Crippen molar-refractivity contribution in [3.05, 3.63) is 69.6 Å². The number of rotatable bonds is 7. The number of nitrogens with one attached hydrogen (secondary N) is 1. The smallest absolute Gasteiger partial charge is 0.302 e. The largest absolute Gasteiger partial charge is 0.461 e. The van der Waals surface area contributed by atoms with E-state index in [4.69, 9.17) is 9.47 Å². The molecule has 0 aliphatic carbocycles. The molecule has 0 radical (unpaired) electrons. The van der Waals surface area contributed by atoms with Crippen LogP contribution in [-0.4, -0.2) is 29.8 Å². The van der Waals surface area contributed by atoms with Crippen LogP contribution in [0.2, 0.25) is 0 Å². The van der Waals surface area contributed by atoms with Gasteiger partial charge in [-0.25, -0.2) is 4.98 Å². The standard InChI is InChI=1S/C26H24N2O5S/c1-14-23-18(12-32-4)8-9-19(15(2)29)25(23)34-24(14)26(31)28-22-11-10-20-17(13-33-16(3)30)6-5-7-21(20)27-22/h5-11H,12-13H2,1-4H3,(H,27,28,31). The van der Waals surface area contributed by atoms with Gasteiger partial charge in [0.05, 0.1) is 17.0 Å². The van der Waals surface area contributed by atoms with Crippen molar-refractivity contribution < 1.29 is 23.9 Å². The second-order valence-electron chi connectivity index (χ2n) is 7.94. The predicted octanol–water partition coefficient (Wildman–Crippen LogP) is 5.42. The Morgan fingerprint density at radius 2 is 1.79 bits per heavy atom. The molecule has 0 saturated carbocycles. The van der Waals surface area contributed by atoms with Crippen LogP contribution in [0.15, 0.2) is 42.5 Å². The van der Waals surface area contributed by atoms with Gasteiger partial charge in [-0.2, -0.15) is 0 Å². The third-order valence-corrected chi connectivity index (χ3v) is 6.87. The number of benzene rings is 2. The van der Waals surface area contributed by atoms with E-state index in [9.17, 15) is 14.4 Å². The van der Waals surface area contributed by atoms with Gasteiger partial charge in [0, 0.05) is 35.1 Å². The number of thiophene rings is 1. The van der Waals surface area contributed by atoms with Crippen molar-refractivity contribution in [2.24, 2.45) is 0 Å². The molecule has 174 valence electrons. The van der Waals surface area contributed by atoms with Gasteiger partial charge in [0.1, 0.15) is 12.4 Å². The van der Waals surface area contributed by atoms with Gasteiger partial charge >= 0.3 is 5.97 Å². The summed E-state index contributed by atoms with van der Waals surface area (Å²) in [5.74, 6) is -0.292. The quantitative estimate of drug-likeness (QED) is 0.283. The second kappa shape index (κ2) is 9.70. The molecule has 2 aromatic heterocycles. The van der Waals surface area contributed by atoms with E-state index in [0.29, 0.717) is 28.4 Å².